The van der Waals surface area contributed by atoms with Crippen LogP contribution in [0.4, 0.5) is 5.82 Å². The van der Waals surface area contributed by atoms with Gasteiger partial charge in [-0.3, -0.25) is 4.57 Å². The minimum Gasteiger partial charge on any atom is -0.382 e. The molecule has 0 saturated carbocycles. The van der Waals surface area contributed by atoms with Crippen LogP contribution in [0.5, 0.6) is 0 Å². The monoisotopic (exact) mass is 180 g/mol. The van der Waals surface area contributed by atoms with Gasteiger partial charge in [-0.1, -0.05) is 0 Å². The Balaban J connectivity index is 2.47. The quantitative estimate of drug-likeness (QED) is 0.695. The third kappa shape index (κ3) is 1.48. The lowest BCUT2D eigenvalue weighted by atomic mass is 10.4. The van der Waals surface area contributed by atoms with Gasteiger partial charge in [0.05, 0.1) is 13.2 Å². The van der Waals surface area contributed by atoms with Gasteiger partial charge >= 0.3 is 0 Å². The molecule has 0 aliphatic carbocycles. The summed E-state index contributed by atoms with van der Waals surface area (Å²) in [5, 5.41) is 7.22. The highest BCUT2D eigenvalue weighted by molar-refractivity contribution is 5.30. The zero-order valence-corrected chi connectivity index (χ0v) is 6.52. The van der Waals surface area contributed by atoms with Gasteiger partial charge in [0, 0.05) is 4.11 Å². The lowest BCUT2D eigenvalue weighted by molar-refractivity contribution is 0.891. The molecule has 2 N–H and O–H groups in total. The average Bonchev–Trinajstić information content (AvgIpc) is 2.52. The van der Waals surface area contributed by atoms with Crippen molar-refractivity contribution in [3.63, 3.8) is 0 Å². The molecule has 2 heterocycles. The first-order valence-electron chi connectivity index (χ1n) is 5.96. The third-order valence-corrected chi connectivity index (χ3v) is 1.38. The first kappa shape index (κ1) is 3.87. The van der Waals surface area contributed by atoms with Gasteiger partial charge < -0.3 is 5.73 Å². The van der Waals surface area contributed by atoms with E-state index in [0.29, 0.717) is 0 Å². The molecule has 0 saturated heterocycles. The van der Waals surface area contributed by atoms with Gasteiger partial charge in [0.25, 0.3) is 0 Å². The van der Waals surface area contributed by atoms with Crippen molar-refractivity contribution in [3.8, 4) is 5.82 Å². The molecular weight excluding hydrogens is 166 g/mol. The molecule has 0 spiro atoms. The summed E-state index contributed by atoms with van der Waals surface area (Å²) in [6.07, 6.45) is -0.440. The van der Waals surface area contributed by atoms with Crippen molar-refractivity contribution in [3.05, 3.63) is 30.3 Å². The fourth-order valence-electron chi connectivity index (χ4n) is 0.821. The third-order valence-electron chi connectivity index (χ3n) is 1.38. The topological polar surface area (TPSA) is 69.6 Å². The molecular formula is C8H9N5. The molecule has 66 valence electrons. The molecule has 0 unspecified atom stereocenters. The van der Waals surface area contributed by atoms with Gasteiger partial charge in [-0.05, 0) is 19.0 Å². The van der Waals surface area contributed by atoms with Gasteiger partial charge in [-0.15, -0.1) is 5.10 Å². The smallest absolute Gasteiger partial charge is 0.160 e. The molecule has 0 aliphatic rings. The normalized spacial score (nSPS) is 16.8. The molecule has 0 aromatic carbocycles. The number of rotatable bonds is 1. The summed E-state index contributed by atoms with van der Waals surface area (Å²) in [6.45, 7) is -2.34. The highest BCUT2D eigenvalue weighted by Gasteiger charge is 1.98. The Labute approximate surface area is 82.3 Å². The van der Waals surface area contributed by atoms with Crippen LogP contribution in [-0.4, -0.2) is 19.7 Å². The van der Waals surface area contributed by atoms with Crippen LogP contribution < -0.4 is 5.73 Å². The van der Waals surface area contributed by atoms with E-state index in [4.69, 9.17) is 12.6 Å². The van der Waals surface area contributed by atoms with Crippen LogP contribution in [0, 0.1) is 6.85 Å². The van der Waals surface area contributed by atoms with E-state index in [1.807, 2.05) is 0 Å². The van der Waals surface area contributed by atoms with Gasteiger partial charge in [-0.25, -0.2) is 4.98 Å². The predicted octanol–water partition coefficient (Wildman–Crippen LogP) is 0.553. The second-order valence-electron chi connectivity index (χ2n) is 2.32. The van der Waals surface area contributed by atoms with Crippen LogP contribution in [0.3, 0.4) is 0 Å². The van der Waals surface area contributed by atoms with Crippen LogP contribution in [-0.2, 0) is 0 Å². The second-order valence-corrected chi connectivity index (χ2v) is 2.32. The number of aromatic nitrogens is 4. The molecule has 2 rings (SSSR count). The van der Waals surface area contributed by atoms with E-state index in [0.717, 1.165) is 4.57 Å². The Morgan fingerprint density at radius 3 is 3.00 bits per heavy atom. The Morgan fingerprint density at radius 1 is 1.54 bits per heavy atom. The van der Waals surface area contributed by atoms with Crippen LogP contribution >= 0.6 is 0 Å². The molecule has 0 fully saturated rings. The van der Waals surface area contributed by atoms with Crippen molar-refractivity contribution in [1.29, 1.82) is 0 Å². The molecule has 0 radical (unpaired) electrons. The molecule has 0 atom stereocenters. The van der Waals surface area contributed by atoms with E-state index in [9.17, 15) is 0 Å². The standard InChI is InChI=1S/C8H9N5/c1-6-2-3-8(12-11-6)13-4-7(9)10-5-13/h2-5H,9H2,1H3/i1D3,4D,5D. The van der Waals surface area contributed by atoms with Crippen molar-refractivity contribution in [1.82, 2.24) is 19.7 Å². The van der Waals surface area contributed by atoms with E-state index < -0.39 is 6.85 Å². The van der Waals surface area contributed by atoms with Crippen molar-refractivity contribution in [2.45, 2.75) is 6.85 Å². The average molecular weight is 180 g/mol. The number of imidazole rings is 1. The van der Waals surface area contributed by atoms with Gasteiger partial charge in [-0.2, -0.15) is 5.10 Å². The Kier molecular flexibility index (Phi) is 0.849. The molecule has 0 bridgehead atoms. The summed E-state index contributed by atoms with van der Waals surface area (Å²) in [5.74, 6) is 0.0314. The number of nitrogen functional groups attached to an aromatic ring is 1. The number of nitrogens with zero attached hydrogens (tertiary/aromatic N) is 4. The summed E-state index contributed by atoms with van der Waals surface area (Å²) in [7, 11) is 0. The van der Waals surface area contributed by atoms with Crippen LogP contribution in [0.15, 0.2) is 24.6 Å². The molecule has 5 nitrogen and oxygen atoms in total. The Hall–Kier alpha value is -1.91. The molecule has 0 amide bonds. The summed E-state index contributed by atoms with van der Waals surface area (Å²) < 4.78 is 37.6. The number of nitrogens with two attached hydrogens (primary N) is 1. The summed E-state index contributed by atoms with van der Waals surface area (Å²) in [4.78, 5) is 3.60. The Morgan fingerprint density at radius 2 is 2.46 bits per heavy atom. The summed E-state index contributed by atoms with van der Waals surface area (Å²) in [5.41, 5.74) is 5.25. The molecule has 2 aromatic rings. The van der Waals surface area contributed by atoms with E-state index >= 15 is 0 Å². The lowest BCUT2D eigenvalue weighted by Gasteiger charge is -1.98. The minimum absolute atomic E-state index is 0.0957. The summed E-state index contributed by atoms with van der Waals surface area (Å²) in [6, 6.07) is 2.62. The maximum absolute atomic E-state index is 7.61. The van der Waals surface area contributed by atoms with E-state index in [2.05, 4.69) is 15.2 Å². The number of anilines is 1. The van der Waals surface area contributed by atoms with Crippen molar-refractivity contribution < 1.29 is 6.85 Å². The van der Waals surface area contributed by atoms with E-state index in [-0.39, 0.29) is 29.8 Å². The van der Waals surface area contributed by atoms with Crippen molar-refractivity contribution in [2.75, 3.05) is 5.73 Å². The fraction of sp³-hybridized carbons (Fsp3) is 0.125. The van der Waals surface area contributed by atoms with Gasteiger partial charge in [0.1, 0.15) is 13.5 Å². The van der Waals surface area contributed by atoms with Crippen LogP contribution in [0.2, 0.25) is 0 Å². The van der Waals surface area contributed by atoms with E-state index in [1.165, 1.54) is 12.1 Å². The fourth-order valence-corrected chi connectivity index (χ4v) is 0.821. The first-order chi connectivity index (χ1) is 8.30. The summed E-state index contributed by atoms with van der Waals surface area (Å²) >= 11 is 0. The number of hydrogen-bond donors (Lipinski definition) is 1. The highest BCUT2D eigenvalue weighted by Crippen LogP contribution is 2.05. The van der Waals surface area contributed by atoms with Gasteiger partial charge in [0.2, 0.25) is 0 Å². The largest absolute Gasteiger partial charge is 0.382 e. The minimum atomic E-state index is -2.34. The lowest BCUT2D eigenvalue weighted by Crippen LogP contribution is -1.97. The van der Waals surface area contributed by atoms with E-state index in [1.54, 1.807) is 0 Å². The zero-order chi connectivity index (χ0) is 13.5. The maximum Gasteiger partial charge on any atom is 0.160 e. The predicted molar refractivity (Wildman–Crippen MR) is 48.3 cm³/mol. The molecule has 13 heavy (non-hydrogen) atoms. The number of aryl methyl sites for hydroxylation is 1. The SMILES string of the molecule is [2H]c1nc(N)c([2H])n1-c1ccc(C([2H])([2H])[2H])nn1. The zero-order valence-electron chi connectivity index (χ0n) is 11.5. The van der Waals surface area contributed by atoms with Crippen molar-refractivity contribution >= 4 is 5.82 Å². The highest BCUT2D eigenvalue weighted by atomic mass is 15.2. The Bertz CT molecular complexity index is 573. The van der Waals surface area contributed by atoms with Gasteiger partial charge in [0.15, 0.2) is 5.82 Å². The molecule has 2 aromatic heterocycles. The number of hydrogen-bond acceptors (Lipinski definition) is 4. The molecule has 0 aliphatic heterocycles. The van der Waals surface area contributed by atoms with Crippen LogP contribution in [0.1, 0.15) is 12.5 Å². The molecule has 5 heteroatoms. The van der Waals surface area contributed by atoms with Crippen LogP contribution in [0.25, 0.3) is 5.82 Å². The second kappa shape index (κ2) is 2.85. The maximum atomic E-state index is 7.61. The first-order valence-corrected chi connectivity index (χ1v) is 3.46. The van der Waals surface area contributed by atoms with Crippen molar-refractivity contribution in [2.24, 2.45) is 0 Å².